The lowest BCUT2D eigenvalue weighted by molar-refractivity contribution is 0.134. The van der Waals surface area contributed by atoms with Gasteiger partial charge in [0.25, 0.3) is 0 Å². The molecule has 0 aromatic carbocycles. The quantitative estimate of drug-likeness (QED) is 0.641. The monoisotopic (exact) mass is 359 g/mol. The lowest BCUT2D eigenvalue weighted by Crippen LogP contribution is -2.41. The van der Waals surface area contributed by atoms with Crippen molar-refractivity contribution in [3.63, 3.8) is 0 Å². The van der Waals surface area contributed by atoms with Gasteiger partial charge in [-0.1, -0.05) is 6.42 Å². The standard InChI is InChI=1S/C14H22BrN3OS/c1-16-14(17-8-10-4-3-5-12(10)19)18(2)9-11-6-7-13(15)20-11/h6-7,10,12,19H,3-5,8-9H2,1-2H3,(H,16,17). The fraction of sp³-hybridized carbons (Fsp3) is 0.643. The average Bonchev–Trinajstić information content (AvgIpc) is 3.00. The molecule has 2 atom stereocenters. The molecule has 112 valence electrons. The third-order valence-corrected chi connectivity index (χ3v) is 5.34. The second-order valence-electron chi connectivity index (χ2n) is 5.25. The summed E-state index contributed by atoms with van der Waals surface area (Å²) in [6.45, 7) is 1.63. The van der Waals surface area contributed by atoms with E-state index in [1.165, 1.54) is 4.88 Å². The fourth-order valence-electron chi connectivity index (χ4n) is 2.61. The molecule has 1 aliphatic rings. The molecule has 0 saturated heterocycles. The summed E-state index contributed by atoms with van der Waals surface area (Å²) in [7, 11) is 3.84. The topological polar surface area (TPSA) is 47.9 Å². The van der Waals surface area contributed by atoms with Crippen LogP contribution in [0.5, 0.6) is 0 Å². The number of hydrogen-bond acceptors (Lipinski definition) is 3. The molecule has 0 aliphatic heterocycles. The van der Waals surface area contributed by atoms with Gasteiger partial charge in [0.1, 0.15) is 0 Å². The Morgan fingerprint density at radius 1 is 1.55 bits per heavy atom. The van der Waals surface area contributed by atoms with Crippen LogP contribution in [0.15, 0.2) is 20.9 Å². The molecule has 6 heteroatoms. The van der Waals surface area contributed by atoms with E-state index in [1.54, 1.807) is 18.4 Å². The molecule has 0 amide bonds. The molecule has 2 N–H and O–H groups in total. The van der Waals surface area contributed by atoms with Gasteiger partial charge in [-0.2, -0.15) is 0 Å². The van der Waals surface area contributed by atoms with Crippen molar-refractivity contribution in [1.82, 2.24) is 10.2 Å². The highest BCUT2D eigenvalue weighted by Gasteiger charge is 2.25. The predicted molar refractivity (Wildman–Crippen MR) is 88.2 cm³/mol. The van der Waals surface area contributed by atoms with Gasteiger partial charge in [0.15, 0.2) is 5.96 Å². The Morgan fingerprint density at radius 3 is 2.90 bits per heavy atom. The number of aliphatic hydroxyl groups is 1. The summed E-state index contributed by atoms with van der Waals surface area (Å²) in [6.07, 6.45) is 3.02. The van der Waals surface area contributed by atoms with Crippen molar-refractivity contribution in [2.75, 3.05) is 20.6 Å². The average molecular weight is 360 g/mol. The van der Waals surface area contributed by atoms with Gasteiger partial charge in [-0.05, 0) is 40.9 Å². The summed E-state index contributed by atoms with van der Waals surface area (Å²) >= 11 is 5.22. The molecule has 0 spiro atoms. The molecule has 0 bridgehead atoms. The maximum absolute atomic E-state index is 9.85. The second kappa shape index (κ2) is 7.43. The normalized spacial score (nSPS) is 23.1. The largest absolute Gasteiger partial charge is 0.393 e. The van der Waals surface area contributed by atoms with E-state index < -0.39 is 0 Å². The summed E-state index contributed by atoms with van der Waals surface area (Å²) < 4.78 is 1.15. The third-order valence-electron chi connectivity index (χ3n) is 3.74. The summed E-state index contributed by atoms with van der Waals surface area (Å²) in [4.78, 5) is 7.73. The van der Waals surface area contributed by atoms with Crippen molar-refractivity contribution in [3.8, 4) is 0 Å². The van der Waals surface area contributed by atoms with Gasteiger partial charge >= 0.3 is 0 Å². The number of nitrogens with zero attached hydrogens (tertiary/aromatic N) is 2. The Labute approximate surface area is 133 Å². The second-order valence-corrected chi connectivity index (χ2v) is 7.80. The van der Waals surface area contributed by atoms with Crippen molar-refractivity contribution in [2.45, 2.75) is 31.9 Å². The molecule has 0 radical (unpaired) electrons. The minimum atomic E-state index is -0.154. The molecular formula is C14H22BrN3OS. The Kier molecular flexibility index (Phi) is 5.86. The van der Waals surface area contributed by atoms with Crippen LogP contribution in [-0.2, 0) is 6.54 Å². The van der Waals surface area contributed by atoms with Gasteiger partial charge in [-0.15, -0.1) is 11.3 Å². The number of halogens is 1. The van der Waals surface area contributed by atoms with Crippen LogP contribution in [0.3, 0.4) is 0 Å². The van der Waals surface area contributed by atoms with Gasteiger partial charge in [-0.25, -0.2) is 0 Å². The molecule has 1 heterocycles. The van der Waals surface area contributed by atoms with E-state index in [4.69, 9.17) is 0 Å². The third kappa shape index (κ3) is 4.20. The smallest absolute Gasteiger partial charge is 0.193 e. The first-order valence-electron chi connectivity index (χ1n) is 6.94. The highest BCUT2D eigenvalue weighted by atomic mass is 79.9. The van der Waals surface area contributed by atoms with Crippen molar-refractivity contribution in [3.05, 3.63) is 20.8 Å². The van der Waals surface area contributed by atoms with E-state index in [1.807, 2.05) is 7.05 Å². The molecule has 2 unspecified atom stereocenters. The first-order valence-corrected chi connectivity index (χ1v) is 8.55. The predicted octanol–water partition coefficient (Wildman–Crippen LogP) is 2.68. The summed E-state index contributed by atoms with van der Waals surface area (Å²) in [5.74, 6) is 1.24. The highest BCUT2D eigenvalue weighted by Crippen LogP contribution is 2.25. The van der Waals surface area contributed by atoms with E-state index in [2.05, 4.69) is 43.3 Å². The lowest BCUT2D eigenvalue weighted by atomic mass is 10.1. The van der Waals surface area contributed by atoms with Gasteiger partial charge in [0, 0.05) is 31.4 Å². The molecule has 2 rings (SSSR count). The van der Waals surface area contributed by atoms with E-state index >= 15 is 0 Å². The molecule has 4 nitrogen and oxygen atoms in total. The highest BCUT2D eigenvalue weighted by molar-refractivity contribution is 9.11. The Bertz CT molecular complexity index is 463. The maximum atomic E-state index is 9.85. The molecule has 20 heavy (non-hydrogen) atoms. The summed E-state index contributed by atoms with van der Waals surface area (Å²) in [5.41, 5.74) is 0. The number of nitrogens with one attached hydrogen (secondary N) is 1. The maximum Gasteiger partial charge on any atom is 0.193 e. The van der Waals surface area contributed by atoms with E-state index in [0.717, 1.165) is 42.1 Å². The van der Waals surface area contributed by atoms with Crippen LogP contribution in [-0.4, -0.2) is 42.7 Å². The zero-order chi connectivity index (χ0) is 14.5. The molecule has 1 aromatic rings. The van der Waals surface area contributed by atoms with Crippen LogP contribution < -0.4 is 5.32 Å². The van der Waals surface area contributed by atoms with Crippen molar-refractivity contribution in [2.24, 2.45) is 10.9 Å². The molecule has 1 saturated carbocycles. The van der Waals surface area contributed by atoms with E-state index in [0.29, 0.717) is 5.92 Å². The van der Waals surface area contributed by atoms with Crippen molar-refractivity contribution >= 4 is 33.2 Å². The number of hydrogen-bond donors (Lipinski definition) is 2. The van der Waals surface area contributed by atoms with Crippen molar-refractivity contribution < 1.29 is 5.11 Å². The van der Waals surface area contributed by atoms with Gasteiger partial charge < -0.3 is 15.3 Å². The first-order chi connectivity index (χ1) is 9.60. The van der Waals surface area contributed by atoms with Crippen LogP contribution in [0.25, 0.3) is 0 Å². The Hall–Kier alpha value is -0.590. The van der Waals surface area contributed by atoms with Gasteiger partial charge in [0.2, 0.25) is 0 Å². The van der Waals surface area contributed by atoms with Crippen LogP contribution in [0.4, 0.5) is 0 Å². The summed E-state index contributed by atoms with van der Waals surface area (Å²) in [6, 6.07) is 4.19. The number of aliphatic hydroxyl groups excluding tert-OH is 1. The van der Waals surface area contributed by atoms with Crippen LogP contribution in [0, 0.1) is 5.92 Å². The fourth-order valence-corrected chi connectivity index (χ4v) is 4.14. The van der Waals surface area contributed by atoms with Crippen molar-refractivity contribution in [1.29, 1.82) is 0 Å². The Morgan fingerprint density at radius 2 is 2.35 bits per heavy atom. The van der Waals surface area contributed by atoms with Crippen LogP contribution in [0.2, 0.25) is 0 Å². The zero-order valence-electron chi connectivity index (χ0n) is 12.0. The van der Waals surface area contributed by atoms with Gasteiger partial charge in [0.05, 0.1) is 16.4 Å². The minimum absolute atomic E-state index is 0.154. The number of thiophene rings is 1. The Balaban J connectivity index is 1.84. The number of rotatable bonds is 4. The molecule has 1 aliphatic carbocycles. The molecular weight excluding hydrogens is 338 g/mol. The number of aliphatic imine (C=N–C) groups is 1. The SMILES string of the molecule is CN=C(NCC1CCCC1O)N(C)Cc1ccc(Br)s1. The first kappa shape index (κ1) is 15.8. The molecule has 1 fully saturated rings. The van der Waals surface area contributed by atoms with Crippen LogP contribution in [0.1, 0.15) is 24.1 Å². The van der Waals surface area contributed by atoms with Crippen LogP contribution >= 0.6 is 27.3 Å². The zero-order valence-corrected chi connectivity index (χ0v) is 14.4. The number of guanidine groups is 1. The van der Waals surface area contributed by atoms with E-state index in [-0.39, 0.29) is 6.10 Å². The van der Waals surface area contributed by atoms with E-state index in [9.17, 15) is 5.11 Å². The lowest BCUT2D eigenvalue weighted by Gasteiger charge is -2.23. The molecule has 1 aromatic heterocycles. The summed E-state index contributed by atoms with van der Waals surface area (Å²) in [5, 5.41) is 13.2. The minimum Gasteiger partial charge on any atom is -0.393 e. The van der Waals surface area contributed by atoms with Gasteiger partial charge in [-0.3, -0.25) is 4.99 Å².